The minimum Gasteiger partial charge on any atom is -0.454 e. The Morgan fingerprint density at radius 3 is 2.88 bits per heavy atom. The van der Waals surface area contributed by atoms with E-state index < -0.39 is 0 Å². The average molecular weight is 442 g/mol. The number of hydrogen-bond donors (Lipinski definition) is 3. The highest BCUT2D eigenvalue weighted by molar-refractivity contribution is 5.82. The second-order valence-electron chi connectivity index (χ2n) is 7.83. The SMILES string of the molecule is OCCCNc1ncnc2c1ncn2[C@H]1CN(Cc2ccc3c(c2)OCO3)C[C@@H](CO)O1. The molecule has 0 amide bonds. The number of benzene rings is 1. The normalized spacial score (nSPS) is 20.7. The molecule has 3 aromatic rings. The van der Waals surface area contributed by atoms with E-state index in [1.807, 2.05) is 22.8 Å². The van der Waals surface area contributed by atoms with Crippen LogP contribution in [0.5, 0.6) is 11.5 Å². The molecule has 2 aliphatic rings. The molecule has 1 aromatic carbocycles. The average Bonchev–Trinajstić information content (AvgIpc) is 3.46. The lowest BCUT2D eigenvalue weighted by Gasteiger charge is -2.37. The number of nitrogens with zero attached hydrogens (tertiary/aromatic N) is 5. The third kappa shape index (κ3) is 4.19. The number of aromatic nitrogens is 4. The van der Waals surface area contributed by atoms with Crippen LogP contribution in [0.15, 0.2) is 30.9 Å². The van der Waals surface area contributed by atoms with Crippen molar-refractivity contribution in [2.45, 2.75) is 25.3 Å². The number of morpholine rings is 1. The minimum absolute atomic E-state index is 0.0796. The summed E-state index contributed by atoms with van der Waals surface area (Å²) in [6, 6.07) is 5.94. The molecule has 2 aromatic heterocycles. The maximum Gasteiger partial charge on any atom is 0.231 e. The Labute approximate surface area is 184 Å². The van der Waals surface area contributed by atoms with E-state index in [1.165, 1.54) is 6.33 Å². The van der Waals surface area contributed by atoms with Crippen LogP contribution in [0.2, 0.25) is 0 Å². The van der Waals surface area contributed by atoms with Crippen molar-refractivity contribution in [2.24, 2.45) is 0 Å². The summed E-state index contributed by atoms with van der Waals surface area (Å²) in [5, 5.41) is 22.0. The molecule has 2 aliphatic heterocycles. The fourth-order valence-electron chi connectivity index (χ4n) is 4.05. The Balaban J connectivity index is 1.36. The number of aliphatic hydroxyl groups is 2. The zero-order valence-electron chi connectivity index (χ0n) is 17.6. The van der Waals surface area contributed by atoms with Gasteiger partial charge in [0.25, 0.3) is 0 Å². The highest BCUT2D eigenvalue weighted by Gasteiger charge is 2.30. The molecule has 11 heteroatoms. The van der Waals surface area contributed by atoms with Crippen LogP contribution in [0, 0.1) is 0 Å². The number of aliphatic hydroxyl groups excluding tert-OH is 2. The van der Waals surface area contributed by atoms with Crippen molar-refractivity contribution in [1.29, 1.82) is 0 Å². The first kappa shape index (κ1) is 20.9. The molecule has 32 heavy (non-hydrogen) atoms. The summed E-state index contributed by atoms with van der Waals surface area (Å²) in [5.74, 6) is 2.13. The van der Waals surface area contributed by atoms with Crippen LogP contribution in [-0.4, -0.2) is 80.4 Å². The third-order valence-corrected chi connectivity index (χ3v) is 5.57. The van der Waals surface area contributed by atoms with Gasteiger partial charge in [-0.3, -0.25) is 9.47 Å². The summed E-state index contributed by atoms with van der Waals surface area (Å²) in [6.07, 6.45) is 3.10. The van der Waals surface area contributed by atoms with Crippen LogP contribution in [0.1, 0.15) is 18.2 Å². The zero-order chi connectivity index (χ0) is 21.9. The number of imidazole rings is 1. The maximum atomic E-state index is 9.83. The van der Waals surface area contributed by atoms with Crippen molar-refractivity contribution >= 4 is 17.0 Å². The molecule has 0 spiro atoms. The van der Waals surface area contributed by atoms with E-state index in [9.17, 15) is 5.11 Å². The van der Waals surface area contributed by atoms with Crippen LogP contribution >= 0.6 is 0 Å². The fourth-order valence-corrected chi connectivity index (χ4v) is 4.05. The summed E-state index contributed by atoms with van der Waals surface area (Å²) in [4.78, 5) is 15.4. The predicted octanol–water partition coefficient (Wildman–Crippen LogP) is 0.741. The van der Waals surface area contributed by atoms with Crippen LogP contribution in [0.4, 0.5) is 5.82 Å². The quantitative estimate of drug-likeness (QED) is 0.430. The second-order valence-corrected chi connectivity index (χ2v) is 7.83. The van der Waals surface area contributed by atoms with E-state index >= 15 is 0 Å². The molecule has 4 heterocycles. The fraction of sp³-hybridized carbons (Fsp3) is 0.476. The van der Waals surface area contributed by atoms with Crippen LogP contribution < -0.4 is 14.8 Å². The van der Waals surface area contributed by atoms with E-state index in [2.05, 4.69) is 25.2 Å². The molecule has 2 atom stereocenters. The number of anilines is 1. The molecule has 1 fully saturated rings. The lowest BCUT2D eigenvalue weighted by Crippen LogP contribution is -2.46. The standard InChI is InChI=1S/C21H26N6O5/c28-5-1-4-22-20-19-21(24-11-23-20)27(12-25-19)18-9-26(8-15(10-29)32-18)7-14-2-3-16-17(6-14)31-13-30-16/h2-3,6,11-12,15,18,28-29H,1,4-5,7-10,13H2,(H,22,23,24)/t15-,18+/m0/s1. The zero-order valence-corrected chi connectivity index (χ0v) is 17.6. The van der Waals surface area contributed by atoms with Crippen molar-refractivity contribution in [3.63, 3.8) is 0 Å². The summed E-state index contributed by atoms with van der Waals surface area (Å²) in [5.41, 5.74) is 2.39. The largest absolute Gasteiger partial charge is 0.454 e. The van der Waals surface area contributed by atoms with E-state index in [-0.39, 0.29) is 32.3 Å². The number of fused-ring (bicyclic) bond motifs is 2. The van der Waals surface area contributed by atoms with Crippen LogP contribution in [-0.2, 0) is 11.3 Å². The Bertz CT molecular complexity index is 1080. The first-order valence-electron chi connectivity index (χ1n) is 10.6. The predicted molar refractivity (Wildman–Crippen MR) is 114 cm³/mol. The molecular formula is C21H26N6O5. The number of nitrogens with one attached hydrogen (secondary N) is 1. The maximum absolute atomic E-state index is 9.83. The highest BCUT2D eigenvalue weighted by atomic mass is 16.7. The second kappa shape index (κ2) is 9.25. The lowest BCUT2D eigenvalue weighted by atomic mass is 10.1. The molecular weight excluding hydrogens is 416 g/mol. The van der Waals surface area contributed by atoms with Gasteiger partial charge in [-0.25, -0.2) is 15.0 Å². The first-order chi connectivity index (χ1) is 15.7. The topological polar surface area (TPSA) is 127 Å². The van der Waals surface area contributed by atoms with Crippen molar-refractivity contribution in [2.75, 3.05) is 45.0 Å². The van der Waals surface area contributed by atoms with Gasteiger partial charge in [0.2, 0.25) is 6.79 Å². The van der Waals surface area contributed by atoms with Crippen LogP contribution in [0.25, 0.3) is 11.2 Å². The smallest absolute Gasteiger partial charge is 0.231 e. The van der Waals surface area contributed by atoms with Crippen molar-refractivity contribution in [3.8, 4) is 11.5 Å². The lowest BCUT2D eigenvalue weighted by molar-refractivity contribution is -0.135. The van der Waals surface area contributed by atoms with Gasteiger partial charge in [-0.05, 0) is 24.1 Å². The molecule has 3 N–H and O–H groups in total. The van der Waals surface area contributed by atoms with Crippen molar-refractivity contribution in [1.82, 2.24) is 24.4 Å². The molecule has 0 radical (unpaired) electrons. The Hall–Kier alpha value is -2.99. The van der Waals surface area contributed by atoms with Gasteiger partial charge < -0.3 is 29.7 Å². The molecule has 0 bridgehead atoms. The van der Waals surface area contributed by atoms with Gasteiger partial charge in [0.05, 0.1) is 19.0 Å². The van der Waals surface area contributed by atoms with Crippen molar-refractivity contribution in [3.05, 3.63) is 36.4 Å². The van der Waals surface area contributed by atoms with E-state index in [0.717, 1.165) is 17.1 Å². The number of rotatable bonds is 8. The van der Waals surface area contributed by atoms with E-state index in [4.69, 9.17) is 19.3 Å². The number of hydrogen-bond acceptors (Lipinski definition) is 10. The van der Waals surface area contributed by atoms with Crippen LogP contribution in [0.3, 0.4) is 0 Å². The van der Waals surface area contributed by atoms with E-state index in [1.54, 1.807) is 6.33 Å². The molecule has 0 saturated carbocycles. The van der Waals surface area contributed by atoms with Gasteiger partial charge in [0, 0.05) is 32.8 Å². The Morgan fingerprint density at radius 2 is 2.00 bits per heavy atom. The monoisotopic (exact) mass is 442 g/mol. The number of ether oxygens (including phenoxy) is 3. The highest BCUT2D eigenvalue weighted by Crippen LogP contribution is 2.33. The summed E-state index contributed by atoms with van der Waals surface area (Å²) in [7, 11) is 0. The Morgan fingerprint density at radius 1 is 1.09 bits per heavy atom. The molecule has 1 saturated heterocycles. The summed E-state index contributed by atoms with van der Waals surface area (Å²) >= 11 is 0. The summed E-state index contributed by atoms with van der Waals surface area (Å²) in [6.45, 7) is 2.76. The van der Waals surface area contributed by atoms with E-state index in [0.29, 0.717) is 49.6 Å². The van der Waals surface area contributed by atoms with Crippen molar-refractivity contribution < 1.29 is 24.4 Å². The molecule has 0 unspecified atom stereocenters. The van der Waals surface area contributed by atoms with Gasteiger partial charge in [0.15, 0.2) is 28.5 Å². The Kier molecular flexibility index (Phi) is 6.04. The van der Waals surface area contributed by atoms with Gasteiger partial charge >= 0.3 is 0 Å². The van der Waals surface area contributed by atoms with Gasteiger partial charge in [-0.1, -0.05) is 6.07 Å². The van der Waals surface area contributed by atoms with Gasteiger partial charge in [-0.2, -0.15) is 0 Å². The molecule has 5 rings (SSSR count). The van der Waals surface area contributed by atoms with Gasteiger partial charge in [-0.15, -0.1) is 0 Å². The first-order valence-corrected chi connectivity index (χ1v) is 10.6. The minimum atomic E-state index is -0.361. The molecule has 11 nitrogen and oxygen atoms in total. The summed E-state index contributed by atoms with van der Waals surface area (Å²) < 4.78 is 18.9. The molecule has 170 valence electrons. The van der Waals surface area contributed by atoms with Gasteiger partial charge in [0.1, 0.15) is 12.6 Å². The third-order valence-electron chi connectivity index (χ3n) is 5.57. The molecule has 0 aliphatic carbocycles.